The van der Waals surface area contributed by atoms with Crippen LogP contribution in [0.25, 0.3) is 0 Å². The second-order valence-electron chi connectivity index (χ2n) is 4.53. The van der Waals surface area contributed by atoms with Gasteiger partial charge in [-0.3, -0.25) is 0 Å². The molecular formula is C13H20O2. The first kappa shape index (κ1) is 12.0. The Hall–Kier alpha value is -1.05. The van der Waals surface area contributed by atoms with Crippen molar-refractivity contribution in [3.05, 3.63) is 23.8 Å². The zero-order valence-corrected chi connectivity index (χ0v) is 9.82. The van der Waals surface area contributed by atoms with E-state index in [1.54, 1.807) is 6.08 Å². The molecule has 0 heterocycles. The fourth-order valence-electron chi connectivity index (χ4n) is 1.71. The lowest BCUT2D eigenvalue weighted by molar-refractivity contribution is -0.139. The van der Waals surface area contributed by atoms with E-state index in [9.17, 15) is 4.79 Å². The van der Waals surface area contributed by atoms with Crippen LogP contribution in [0.1, 0.15) is 33.6 Å². The van der Waals surface area contributed by atoms with Crippen LogP contribution in [-0.2, 0) is 9.53 Å². The summed E-state index contributed by atoms with van der Waals surface area (Å²) in [5, 5.41) is 0. The molecule has 2 atom stereocenters. The highest BCUT2D eigenvalue weighted by Gasteiger charge is 2.19. The summed E-state index contributed by atoms with van der Waals surface area (Å²) in [4.78, 5) is 11.3. The molecule has 1 aliphatic rings. The van der Waals surface area contributed by atoms with Gasteiger partial charge in [0.15, 0.2) is 0 Å². The van der Waals surface area contributed by atoms with Gasteiger partial charge in [-0.2, -0.15) is 0 Å². The van der Waals surface area contributed by atoms with Crippen LogP contribution in [0, 0.1) is 11.8 Å². The predicted octanol–water partition coefficient (Wildman–Crippen LogP) is 3.10. The third-order valence-electron chi connectivity index (χ3n) is 2.76. The van der Waals surface area contributed by atoms with E-state index in [1.807, 2.05) is 13.8 Å². The Bertz CT molecular complexity index is 272. The van der Waals surface area contributed by atoms with E-state index in [-0.39, 0.29) is 5.97 Å². The summed E-state index contributed by atoms with van der Waals surface area (Å²) < 4.78 is 5.21. The van der Waals surface area contributed by atoms with Gasteiger partial charge in [0.05, 0.1) is 6.61 Å². The van der Waals surface area contributed by atoms with Crippen LogP contribution in [0.5, 0.6) is 0 Å². The summed E-state index contributed by atoms with van der Waals surface area (Å²) in [6.45, 7) is 6.55. The molecule has 2 heteroatoms. The standard InChI is InChI=1S/C13H20O2/c1-10(2)8-13(14)15-9-12-7-5-4-6-11(12)3/h4-5,8,11-12H,6-7,9H2,1-3H3. The van der Waals surface area contributed by atoms with Gasteiger partial charge in [0, 0.05) is 6.08 Å². The first-order valence-electron chi connectivity index (χ1n) is 5.56. The monoisotopic (exact) mass is 208 g/mol. The maximum atomic E-state index is 11.3. The van der Waals surface area contributed by atoms with E-state index in [0.29, 0.717) is 18.4 Å². The van der Waals surface area contributed by atoms with Gasteiger partial charge in [-0.1, -0.05) is 24.6 Å². The molecule has 0 spiro atoms. The Morgan fingerprint density at radius 1 is 1.40 bits per heavy atom. The molecule has 0 aromatic heterocycles. The molecule has 0 saturated heterocycles. The van der Waals surface area contributed by atoms with Gasteiger partial charge in [0.25, 0.3) is 0 Å². The van der Waals surface area contributed by atoms with Crippen molar-refractivity contribution in [1.29, 1.82) is 0 Å². The molecule has 0 saturated carbocycles. The van der Waals surface area contributed by atoms with Crippen LogP contribution in [0.4, 0.5) is 0 Å². The average molecular weight is 208 g/mol. The SMILES string of the molecule is CC(C)=CC(=O)OCC1CC=CCC1C. The molecule has 1 aliphatic carbocycles. The van der Waals surface area contributed by atoms with E-state index >= 15 is 0 Å². The van der Waals surface area contributed by atoms with Crippen molar-refractivity contribution in [1.82, 2.24) is 0 Å². The highest BCUT2D eigenvalue weighted by atomic mass is 16.5. The van der Waals surface area contributed by atoms with Gasteiger partial charge >= 0.3 is 5.97 Å². The summed E-state index contributed by atoms with van der Waals surface area (Å²) in [7, 11) is 0. The normalized spacial score (nSPS) is 24.7. The van der Waals surface area contributed by atoms with Crippen molar-refractivity contribution < 1.29 is 9.53 Å². The Labute approximate surface area is 92.0 Å². The van der Waals surface area contributed by atoms with Crippen molar-refractivity contribution in [3.8, 4) is 0 Å². The molecule has 0 aromatic rings. The second-order valence-corrected chi connectivity index (χ2v) is 4.53. The lowest BCUT2D eigenvalue weighted by atomic mass is 9.85. The molecule has 0 aliphatic heterocycles. The van der Waals surface area contributed by atoms with Crippen molar-refractivity contribution >= 4 is 5.97 Å². The van der Waals surface area contributed by atoms with Gasteiger partial charge in [-0.15, -0.1) is 0 Å². The fraction of sp³-hybridized carbons (Fsp3) is 0.615. The number of ether oxygens (including phenoxy) is 1. The summed E-state index contributed by atoms with van der Waals surface area (Å²) in [6.07, 6.45) is 8.07. The zero-order valence-electron chi connectivity index (χ0n) is 9.82. The third kappa shape index (κ3) is 4.32. The van der Waals surface area contributed by atoms with Crippen LogP contribution < -0.4 is 0 Å². The van der Waals surface area contributed by atoms with Crippen LogP contribution >= 0.6 is 0 Å². The highest BCUT2D eigenvalue weighted by Crippen LogP contribution is 2.25. The van der Waals surface area contributed by atoms with Gasteiger partial charge in [0.1, 0.15) is 0 Å². The number of hydrogen-bond donors (Lipinski definition) is 0. The molecule has 1 rings (SSSR count). The number of carbonyl (C=O) groups is 1. The van der Waals surface area contributed by atoms with Gasteiger partial charge < -0.3 is 4.74 Å². The minimum atomic E-state index is -0.211. The summed E-state index contributed by atoms with van der Waals surface area (Å²) in [5.74, 6) is 0.899. The quantitative estimate of drug-likeness (QED) is 0.405. The molecule has 0 fully saturated rings. The average Bonchev–Trinajstić information content (AvgIpc) is 2.15. The van der Waals surface area contributed by atoms with Gasteiger partial charge in [0.2, 0.25) is 0 Å². The van der Waals surface area contributed by atoms with E-state index < -0.39 is 0 Å². The number of allylic oxidation sites excluding steroid dienone is 3. The fourth-order valence-corrected chi connectivity index (χ4v) is 1.71. The van der Waals surface area contributed by atoms with Gasteiger partial charge in [-0.05, 0) is 38.5 Å². The summed E-state index contributed by atoms with van der Waals surface area (Å²) >= 11 is 0. The lowest BCUT2D eigenvalue weighted by Crippen LogP contribution is -2.21. The Morgan fingerprint density at radius 2 is 2.07 bits per heavy atom. The largest absolute Gasteiger partial charge is 0.462 e. The third-order valence-corrected chi connectivity index (χ3v) is 2.76. The van der Waals surface area contributed by atoms with Crippen molar-refractivity contribution in [2.75, 3.05) is 6.61 Å². The van der Waals surface area contributed by atoms with E-state index in [1.165, 1.54) is 0 Å². The van der Waals surface area contributed by atoms with E-state index in [2.05, 4.69) is 19.1 Å². The van der Waals surface area contributed by atoms with E-state index in [0.717, 1.165) is 18.4 Å². The Morgan fingerprint density at radius 3 is 2.67 bits per heavy atom. The molecule has 2 nitrogen and oxygen atoms in total. The number of esters is 1. The highest BCUT2D eigenvalue weighted by molar-refractivity contribution is 5.82. The molecule has 0 N–H and O–H groups in total. The minimum Gasteiger partial charge on any atom is -0.462 e. The molecule has 0 aromatic carbocycles. The molecule has 84 valence electrons. The van der Waals surface area contributed by atoms with Crippen LogP contribution in [0.3, 0.4) is 0 Å². The molecule has 15 heavy (non-hydrogen) atoms. The molecule has 0 bridgehead atoms. The van der Waals surface area contributed by atoms with Crippen molar-refractivity contribution in [2.24, 2.45) is 11.8 Å². The van der Waals surface area contributed by atoms with E-state index in [4.69, 9.17) is 4.74 Å². The smallest absolute Gasteiger partial charge is 0.330 e. The topological polar surface area (TPSA) is 26.3 Å². The number of rotatable bonds is 3. The van der Waals surface area contributed by atoms with Crippen LogP contribution in [0.2, 0.25) is 0 Å². The Balaban J connectivity index is 2.33. The summed E-state index contributed by atoms with van der Waals surface area (Å²) in [6, 6.07) is 0. The maximum absolute atomic E-state index is 11.3. The van der Waals surface area contributed by atoms with Crippen molar-refractivity contribution in [3.63, 3.8) is 0 Å². The molecule has 2 unspecified atom stereocenters. The first-order chi connectivity index (χ1) is 7.09. The second kappa shape index (κ2) is 5.74. The Kier molecular flexibility index (Phi) is 4.60. The number of hydrogen-bond acceptors (Lipinski definition) is 2. The summed E-state index contributed by atoms with van der Waals surface area (Å²) in [5.41, 5.74) is 0.983. The maximum Gasteiger partial charge on any atom is 0.330 e. The molecule has 0 amide bonds. The first-order valence-corrected chi connectivity index (χ1v) is 5.56. The zero-order chi connectivity index (χ0) is 11.3. The van der Waals surface area contributed by atoms with Crippen molar-refractivity contribution in [2.45, 2.75) is 33.6 Å². The predicted molar refractivity (Wildman–Crippen MR) is 61.4 cm³/mol. The molecular weight excluding hydrogens is 188 g/mol. The lowest BCUT2D eigenvalue weighted by Gasteiger charge is -2.24. The minimum absolute atomic E-state index is 0.211. The van der Waals surface area contributed by atoms with Crippen LogP contribution in [0.15, 0.2) is 23.8 Å². The van der Waals surface area contributed by atoms with Gasteiger partial charge in [-0.25, -0.2) is 4.79 Å². The number of carbonyl (C=O) groups excluding carboxylic acids is 1. The van der Waals surface area contributed by atoms with Crippen LogP contribution in [-0.4, -0.2) is 12.6 Å². The molecule has 0 radical (unpaired) electrons.